The van der Waals surface area contributed by atoms with Gasteiger partial charge < -0.3 is 9.73 Å². The summed E-state index contributed by atoms with van der Waals surface area (Å²) in [5.41, 5.74) is 0.935. The number of alkyl halides is 1. The van der Waals surface area contributed by atoms with Gasteiger partial charge in [0, 0.05) is 18.7 Å². The Morgan fingerprint density at radius 3 is 2.52 bits per heavy atom. The van der Waals surface area contributed by atoms with Gasteiger partial charge >= 0.3 is 5.22 Å². The van der Waals surface area contributed by atoms with Crippen LogP contribution in [0.5, 0.6) is 0 Å². The highest BCUT2D eigenvalue weighted by atomic mass is 35.5. The lowest BCUT2D eigenvalue weighted by molar-refractivity contribution is -0.121. The van der Waals surface area contributed by atoms with Crippen LogP contribution in [-0.4, -0.2) is 35.7 Å². The zero-order valence-electron chi connectivity index (χ0n) is 14.0. The molecule has 1 aromatic heterocycles. The molecule has 0 aliphatic carbocycles. The van der Waals surface area contributed by atoms with Crippen LogP contribution >= 0.6 is 11.6 Å². The van der Waals surface area contributed by atoms with Gasteiger partial charge in [-0.15, -0.1) is 16.7 Å². The number of sulfone groups is 1. The van der Waals surface area contributed by atoms with Crippen LogP contribution in [0.15, 0.2) is 40.0 Å². The Balaban J connectivity index is 2.29. The Morgan fingerprint density at radius 1 is 1.24 bits per heavy atom. The van der Waals surface area contributed by atoms with Crippen LogP contribution < -0.4 is 5.32 Å². The zero-order valence-corrected chi connectivity index (χ0v) is 15.5. The number of benzene rings is 1. The number of amides is 1. The van der Waals surface area contributed by atoms with Gasteiger partial charge in [0.05, 0.1) is 5.25 Å². The summed E-state index contributed by atoms with van der Waals surface area (Å²) >= 11 is 5.59. The van der Waals surface area contributed by atoms with Gasteiger partial charge in [-0.05, 0) is 19.4 Å². The van der Waals surface area contributed by atoms with E-state index in [-0.39, 0.29) is 24.1 Å². The number of hydrogen-bond acceptors (Lipinski definition) is 6. The normalized spacial score (nSPS) is 13.0. The Labute approximate surface area is 151 Å². The third kappa shape index (κ3) is 5.02. The van der Waals surface area contributed by atoms with E-state index < -0.39 is 26.4 Å². The van der Waals surface area contributed by atoms with Crippen LogP contribution in [0.1, 0.15) is 37.8 Å². The van der Waals surface area contributed by atoms with Crippen LogP contribution in [0.25, 0.3) is 0 Å². The van der Waals surface area contributed by atoms with E-state index in [2.05, 4.69) is 15.5 Å². The molecule has 0 aliphatic rings. The van der Waals surface area contributed by atoms with E-state index in [0.717, 1.165) is 5.56 Å². The summed E-state index contributed by atoms with van der Waals surface area (Å²) in [7, 11) is -3.68. The van der Waals surface area contributed by atoms with Gasteiger partial charge in [-0.1, -0.05) is 35.4 Å². The second-order valence-electron chi connectivity index (χ2n) is 5.75. The molecule has 0 saturated carbocycles. The topological polar surface area (TPSA) is 102 Å². The number of nitrogens with zero attached hydrogens (tertiary/aromatic N) is 2. The first kappa shape index (κ1) is 19.4. The molecule has 136 valence electrons. The molecule has 7 nitrogen and oxygen atoms in total. The van der Waals surface area contributed by atoms with Crippen molar-refractivity contribution in [2.75, 3.05) is 5.88 Å². The first-order valence-electron chi connectivity index (χ1n) is 7.81. The SMILES string of the molecule is CC(C)S(=O)(=O)c1nnc([C@H](Cc2ccccc2)NC(=O)CCCl)o1. The lowest BCUT2D eigenvalue weighted by Crippen LogP contribution is -2.30. The number of carbonyl (C=O) groups is 1. The molecule has 1 heterocycles. The van der Waals surface area contributed by atoms with Crippen molar-refractivity contribution < 1.29 is 17.6 Å². The van der Waals surface area contributed by atoms with Crippen molar-refractivity contribution in [3.05, 3.63) is 41.8 Å². The fourth-order valence-electron chi connectivity index (χ4n) is 2.08. The number of nitrogens with one attached hydrogen (secondary N) is 1. The van der Waals surface area contributed by atoms with E-state index in [1.807, 2.05) is 30.3 Å². The molecule has 0 bridgehead atoms. The van der Waals surface area contributed by atoms with E-state index >= 15 is 0 Å². The first-order chi connectivity index (χ1) is 11.8. The van der Waals surface area contributed by atoms with Gasteiger partial charge in [-0.25, -0.2) is 8.42 Å². The largest absolute Gasteiger partial charge is 0.410 e. The predicted octanol–water partition coefficient (Wildman–Crippen LogP) is 2.28. The van der Waals surface area contributed by atoms with Crippen molar-refractivity contribution in [2.45, 2.75) is 43.2 Å². The molecular weight excluding hydrogens is 366 g/mol. The van der Waals surface area contributed by atoms with Crippen LogP contribution in [0.3, 0.4) is 0 Å². The predicted molar refractivity (Wildman–Crippen MR) is 93.0 cm³/mol. The minimum absolute atomic E-state index is 0.0472. The Hall–Kier alpha value is -1.93. The van der Waals surface area contributed by atoms with Gasteiger partial charge in [0.1, 0.15) is 6.04 Å². The molecule has 2 aromatic rings. The fraction of sp³-hybridized carbons (Fsp3) is 0.438. The molecule has 0 aliphatic heterocycles. The Kier molecular flexibility index (Phi) is 6.55. The van der Waals surface area contributed by atoms with E-state index in [1.165, 1.54) is 13.8 Å². The van der Waals surface area contributed by atoms with E-state index in [9.17, 15) is 13.2 Å². The summed E-state index contributed by atoms with van der Waals surface area (Å²) in [6, 6.07) is 8.77. The summed E-state index contributed by atoms with van der Waals surface area (Å²) in [6.07, 6.45) is 0.524. The third-order valence-corrected chi connectivity index (χ3v) is 5.61. The maximum atomic E-state index is 12.1. The highest BCUT2D eigenvalue weighted by Crippen LogP contribution is 2.21. The standard InChI is InChI=1S/C16H20ClN3O4S/c1-11(2)25(22,23)16-20-19-15(24-16)13(18-14(21)8-9-17)10-12-6-4-3-5-7-12/h3-7,11,13H,8-10H2,1-2H3,(H,18,21)/t13-/m0/s1. The van der Waals surface area contributed by atoms with Gasteiger partial charge in [0.25, 0.3) is 0 Å². The van der Waals surface area contributed by atoms with Crippen molar-refractivity contribution >= 4 is 27.3 Å². The van der Waals surface area contributed by atoms with E-state index in [1.54, 1.807) is 0 Å². The lowest BCUT2D eigenvalue weighted by atomic mass is 10.1. The molecule has 9 heteroatoms. The summed E-state index contributed by atoms with van der Waals surface area (Å²) in [5, 5.41) is 9.11. The molecule has 0 spiro atoms. The number of rotatable bonds is 8. The quantitative estimate of drug-likeness (QED) is 0.699. The Bertz CT molecular complexity index is 806. The van der Waals surface area contributed by atoms with E-state index in [0.29, 0.717) is 6.42 Å². The van der Waals surface area contributed by atoms with Crippen LogP contribution in [-0.2, 0) is 21.1 Å². The highest BCUT2D eigenvalue weighted by molar-refractivity contribution is 7.91. The number of aromatic nitrogens is 2. The fourth-order valence-corrected chi connectivity index (χ4v) is 3.01. The smallest absolute Gasteiger partial charge is 0.335 e. The molecule has 1 N–H and O–H groups in total. The second-order valence-corrected chi connectivity index (χ2v) is 8.51. The van der Waals surface area contributed by atoms with Crippen molar-refractivity contribution in [1.82, 2.24) is 15.5 Å². The highest BCUT2D eigenvalue weighted by Gasteiger charge is 2.29. The van der Waals surface area contributed by atoms with Crippen LogP contribution in [0.4, 0.5) is 0 Å². The summed E-state index contributed by atoms with van der Waals surface area (Å²) < 4.78 is 29.7. The molecule has 1 amide bonds. The van der Waals surface area contributed by atoms with Gasteiger partial charge in [0.2, 0.25) is 21.6 Å². The number of carbonyl (C=O) groups excluding carboxylic acids is 1. The summed E-state index contributed by atoms with van der Waals surface area (Å²) in [6.45, 7) is 3.06. The number of halogens is 1. The lowest BCUT2D eigenvalue weighted by Gasteiger charge is -2.15. The van der Waals surface area contributed by atoms with E-state index in [4.69, 9.17) is 16.0 Å². The molecule has 25 heavy (non-hydrogen) atoms. The molecular formula is C16H20ClN3O4S. The van der Waals surface area contributed by atoms with Crippen molar-refractivity contribution in [1.29, 1.82) is 0 Å². The maximum Gasteiger partial charge on any atom is 0.335 e. The molecule has 1 atom stereocenters. The summed E-state index contributed by atoms with van der Waals surface area (Å²) in [4.78, 5) is 11.9. The number of hydrogen-bond donors (Lipinski definition) is 1. The average Bonchev–Trinajstić information content (AvgIpc) is 3.06. The van der Waals surface area contributed by atoms with Crippen molar-refractivity contribution in [3.63, 3.8) is 0 Å². The Morgan fingerprint density at radius 2 is 1.92 bits per heavy atom. The molecule has 0 radical (unpaired) electrons. The zero-order chi connectivity index (χ0) is 18.4. The van der Waals surface area contributed by atoms with Gasteiger partial charge in [0.15, 0.2) is 0 Å². The van der Waals surface area contributed by atoms with Gasteiger partial charge in [-0.3, -0.25) is 4.79 Å². The maximum absolute atomic E-state index is 12.1. The van der Waals surface area contributed by atoms with Crippen LogP contribution in [0, 0.1) is 0 Å². The summed E-state index contributed by atoms with van der Waals surface area (Å²) in [5.74, 6) is -0.0471. The molecule has 1 aromatic carbocycles. The first-order valence-corrected chi connectivity index (χ1v) is 9.89. The molecule has 0 saturated heterocycles. The molecule has 2 rings (SSSR count). The van der Waals surface area contributed by atoms with Crippen LogP contribution in [0.2, 0.25) is 0 Å². The van der Waals surface area contributed by atoms with Gasteiger partial charge in [-0.2, -0.15) is 0 Å². The minimum Gasteiger partial charge on any atom is -0.410 e. The third-order valence-electron chi connectivity index (χ3n) is 3.52. The molecule has 0 unspecified atom stereocenters. The molecule has 0 fully saturated rings. The van der Waals surface area contributed by atoms with Crippen molar-refractivity contribution in [2.24, 2.45) is 0 Å². The minimum atomic E-state index is -3.68. The van der Waals surface area contributed by atoms with Crippen molar-refractivity contribution in [3.8, 4) is 0 Å². The average molecular weight is 386 g/mol. The second kappa shape index (κ2) is 8.44. The monoisotopic (exact) mass is 385 g/mol.